The van der Waals surface area contributed by atoms with Gasteiger partial charge in [-0.25, -0.2) is 0 Å². The lowest BCUT2D eigenvalue weighted by atomic mass is 10.0. The second-order valence-corrected chi connectivity index (χ2v) is 6.01. The van der Waals surface area contributed by atoms with Gasteiger partial charge in [-0.15, -0.1) is 0 Å². The minimum Gasteiger partial charge on any atom is -0.387 e. The molecular weight excluding hydrogens is 216 g/mol. The van der Waals surface area contributed by atoms with Crippen molar-refractivity contribution < 1.29 is 9.90 Å². The minimum absolute atomic E-state index is 0.183. The first-order valence-corrected chi connectivity index (χ1v) is 6.90. The van der Waals surface area contributed by atoms with Crippen molar-refractivity contribution in [1.29, 1.82) is 0 Å². The van der Waals surface area contributed by atoms with Gasteiger partial charge in [0.15, 0.2) is 0 Å². The molecule has 1 amide bonds. The molecule has 0 bridgehead atoms. The average Bonchev–Trinajstić information content (AvgIpc) is 2.92. The molecule has 1 saturated heterocycles. The van der Waals surface area contributed by atoms with Crippen LogP contribution >= 0.6 is 0 Å². The normalized spacial score (nSPS) is 44.2. The summed E-state index contributed by atoms with van der Waals surface area (Å²) >= 11 is 0. The Morgan fingerprint density at radius 3 is 2.65 bits per heavy atom. The number of hydrogen-bond acceptors (Lipinski definition) is 3. The zero-order valence-corrected chi connectivity index (χ0v) is 10.2. The second-order valence-electron chi connectivity index (χ2n) is 6.01. The number of aliphatic hydroxyl groups is 1. The van der Waals surface area contributed by atoms with Crippen molar-refractivity contribution in [1.82, 2.24) is 10.6 Å². The van der Waals surface area contributed by atoms with Crippen molar-refractivity contribution in [3.05, 3.63) is 0 Å². The summed E-state index contributed by atoms with van der Waals surface area (Å²) in [5.41, 5.74) is -0.713. The van der Waals surface area contributed by atoms with E-state index in [0.29, 0.717) is 24.9 Å². The Hall–Kier alpha value is -0.610. The van der Waals surface area contributed by atoms with Gasteiger partial charge in [-0.2, -0.15) is 0 Å². The van der Waals surface area contributed by atoms with Crippen LogP contribution in [0.3, 0.4) is 0 Å². The molecule has 3 unspecified atom stereocenters. The van der Waals surface area contributed by atoms with E-state index in [1.807, 2.05) is 0 Å². The van der Waals surface area contributed by atoms with Crippen LogP contribution in [0, 0.1) is 17.8 Å². The first-order chi connectivity index (χ1) is 8.20. The van der Waals surface area contributed by atoms with Gasteiger partial charge in [0.05, 0.1) is 5.60 Å². The minimum atomic E-state index is -0.713. The van der Waals surface area contributed by atoms with E-state index in [1.54, 1.807) is 0 Å². The number of rotatable bonds is 3. The van der Waals surface area contributed by atoms with E-state index in [4.69, 9.17) is 0 Å². The van der Waals surface area contributed by atoms with Gasteiger partial charge in [0, 0.05) is 19.0 Å². The van der Waals surface area contributed by atoms with E-state index in [-0.39, 0.29) is 11.8 Å². The van der Waals surface area contributed by atoms with Crippen molar-refractivity contribution in [2.45, 2.75) is 37.7 Å². The molecule has 3 fully saturated rings. The zero-order valence-electron chi connectivity index (χ0n) is 10.2. The van der Waals surface area contributed by atoms with Crippen LogP contribution in [0.2, 0.25) is 0 Å². The second kappa shape index (κ2) is 4.25. The summed E-state index contributed by atoms with van der Waals surface area (Å²) in [6, 6.07) is 0. The lowest BCUT2D eigenvalue weighted by molar-refractivity contribution is -0.124. The van der Waals surface area contributed by atoms with E-state index in [2.05, 4.69) is 10.6 Å². The maximum absolute atomic E-state index is 12.0. The Labute approximate surface area is 102 Å². The lowest BCUT2D eigenvalue weighted by Gasteiger charge is -2.21. The van der Waals surface area contributed by atoms with Crippen LogP contribution in [0.1, 0.15) is 32.1 Å². The smallest absolute Gasteiger partial charge is 0.223 e. The first kappa shape index (κ1) is 11.5. The molecule has 2 saturated carbocycles. The number of nitrogens with one attached hydrogen (secondary N) is 2. The highest BCUT2D eigenvalue weighted by atomic mass is 16.3. The summed E-state index contributed by atoms with van der Waals surface area (Å²) in [7, 11) is 0. The van der Waals surface area contributed by atoms with Gasteiger partial charge < -0.3 is 15.7 Å². The summed E-state index contributed by atoms with van der Waals surface area (Å²) in [6.45, 7) is 1.86. The fourth-order valence-electron chi connectivity index (χ4n) is 3.63. The Bertz CT molecular complexity index is 301. The predicted octanol–water partition coefficient (Wildman–Crippen LogP) is 0.263. The predicted molar refractivity (Wildman–Crippen MR) is 64.4 cm³/mol. The standard InChI is InChI=1S/C13H22N2O2/c16-12(11-9-3-1-2-4-10(9)11)15-8-13(17)5-6-14-7-13/h9-11,14,17H,1-8H2,(H,15,16). The number of fused-ring (bicyclic) bond motifs is 1. The average molecular weight is 238 g/mol. The Morgan fingerprint density at radius 2 is 2.06 bits per heavy atom. The maximum atomic E-state index is 12.0. The fraction of sp³-hybridized carbons (Fsp3) is 0.923. The third kappa shape index (κ3) is 2.20. The third-order valence-electron chi connectivity index (χ3n) is 4.77. The lowest BCUT2D eigenvalue weighted by Crippen LogP contribution is -2.45. The van der Waals surface area contributed by atoms with E-state index >= 15 is 0 Å². The molecule has 0 aromatic rings. The fourth-order valence-corrected chi connectivity index (χ4v) is 3.63. The van der Waals surface area contributed by atoms with Crippen molar-refractivity contribution >= 4 is 5.91 Å². The first-order valence-electron chi connectivity index (χ1n) is 6.90. The molecule has 0 aromatic carbocycles. The van der Waals surface area contributed by atoms with Crippen LogP contribution in [0.15, 0.2) is 0 Å². The highest BCUT2D eigenvalue weighted by Crippen LogP contribution is 2.55. The molecule has 1 heterocycles. The molecule has 96 valence electrons. The summed E-state index contributed by atoms with van der Waals surface area (Å²) in [5.74, 6) is 1.75. The summed E-state index contributed by atoms with van der Waals surface area (Å²) in [5, 5.41) is 16.2. The van der Waals surface area contributed by atoms with Crippen LogP contribution in [-0.2, 0) is 4.79 Å². The number of β-amino-alcohol motifs (C(OH)–C–C–N with tert-alkyl or cyclic N) is 1. The van der Waals surface area contributed by atoms with Crippen LogP contribution < -0.4 is 10.6 Å². The van der Waals surface area contributed by atoms with Gasteiger partial charge in [-0.1, -0.05) is 12.8 Å². The van der Waals surface area contributed by atoms with Crippen LogP contribution in [-0.4, -0.2) is 36.2 Å². The molecule has 3 N–H and O–H groups in total. The molecule has 3 aliphatic rings. The van der Waals surface area contributed by atoms with Crippen LogP contribution in [0.25, 0.3) is 0 Å². The maximum Gasteiger partial charge on any atom is 0.223 e. The van der Waals surface area contributed by atoms with E-state index in [0.717, 1.165) is 13.0 Å². The monoisotopic (exact) mass is 238 g/mol. The molecule has 3 atom stereocenters. The van der Waals surface area contributed by atoms with Crippen LogP contribution in [0.4, 0.5) is 0 Å². The molecular formula is C13H22N2O2. The molecule has 4 heteroatoms. The Morgan fingerprint density at radius 1 is 1.35 bits per heavy atom. The molecule has 3 rings (SSSR count). The molecule has 1 aliphatic heterocycles. The van der Waals surface area contributed by atoms with Crippen molar-refractivity contribution in [3.63, 3.8) is 0 Å². The highest BCUT2D eigenvalue weighted by molar-refractivity contribution is 5.82. The number of carbonyl (C=O) groups is 1. The Balaban J connectivity index is 1.48. The van der Waals surface area contributed by atoms with Crippen molar-refractivity contribution in [2.24, 2.45) is 17.8 Å². The molecule has 4 nitrogen and oxygen atoms in total. The van der Waals surface area contributed by atoms with Gasteiger partial charge in [-0.05, 0) is 37.6 Å². The van der Waals surface area contributed by atoms with Crippen molar-refractivity contribution in [3.8, 4) is 0 Å². The molecule has 17 heavy (non-hydrogen) atoms. The molecule has 0 radical (unpaired) electrons. The highest BCUT2D eigenvalue weighted by Gasteiger charge is 2.54. The summed E-state index contributed by atoms with van der Waals surface area (Å²) < 4.78 is 0. The third-order valence-corrected chi connectivity index (χ3v) is 4.77. The van der Waals surface area contributed by atoms with E-state index < -0.39 is 5.60 Å². The van der Waals surface area contributed by atoms with E-state index in [9.17, 15) is 9.90 Å². The molecule has 2 aliphatic carbocycles. The topological polar surface area (TPSA) is 61.4 Å². The summed E-state index contributed by atoms with van der Waals surface area (Å²) in [6.07, 6.45) is 5.78. The van der Waals surface area contributed by atoms with Gasteiger partial charge >= 0.3 is 0 Å². The SMILES string of the molecule is O=C(NCC1(O)CCNC1)C1C2CCCCC21. The zero-order chi connectivity index (χ0) is 11.9. The molecule has 0 aromatic heterocycles. The quantitative estimate of drug-likeness (QED) is 0.661. The van der Waals surface area contributed by atoms with E-state index in [1.165, 1.54) is 25.7 Å². The van der Waals surface area contributed by atoms with Crippen LogP contribution in [0.5, 0.6) is 0 Å². The van der Waals surface area contributed by atoms with Gasteiger partial charge in [0.1, 0.15) is 0 Å². The summed E-state index contributed by atoms with van der Waals surface area (Å²) in [4.78, 5) is 12.0. The van der Waals surface area contributed by atoms with Gasteiger partial charge in [0.25, 0.3) is 0 Å². The van der Waals surface area contributed by atoms with Gasteiger partial charge in [-0.3, -0.25) is 4.79 Å². The van der Waals surface area contributed by atoms with Crippen molar-refractivity contribution in [2.75, 3.05) is 19.6 Å². The number of hydrogen-bond donors (Lipinski definition) is 3. The number of carbonyl (C=O) groups excluding carboxylic acids is 1. The largest absolute Gasteiger partial charge is 0.387 e. The van der Waals surface area contributed by atoms with Gasteiger partial charge in [0.2, 0.25) is 5.91 Å². The molecule has 0 spiro atoms. The number of amides is 1. The Kier molecular flexibility index (Phi) is 2.87.